The first-order chi connectivity index (χ1) is 6.20. The molecule has 0 radical (unpaired) electrons. The fraction of sp³-hybridized carbons (Fsp3) is 0.222. The Morgan fingerprint density at radius 1 is 1.62 bits per heavy atom. The van der Waals surface area contributed by atoms with Crippen molar-refractivity contribution in [3.8, 4) is 0 Å². The molecule has 0 fully saturated rings. The Morgan fingerprint density at radius 3 is 3.08 bits per heavy atom. The molecule has 1 unspecified atom stereocenters. The van der Waals surface area contributed by atoms with Crippen molar-refractivity contribution < 1.29 is 4.39 Å². The molecule has 0 saturated heterocycles. The van der Waals surface area contributed by atoms with E-state index < -0.39 is 6.17 Å². The van der Waals surface area contributed by atoms with Crippen LogP contribution in [0.2, 0.25) is 0 Å². The molecule has 0 aliphatic heterocycles. The zero-order valence-corrected chi connectivity index (χ0v) is 7.24. The molecule has 0 aliphatic rings. The predicted octanol–water partition coefficient (Wildman–Crippen LogP) is 1.95. The summed E-state index contributed by atoms with van der Waals surface area (Å²) >= 11 is 0. The number of hydrogen-bond acceptors (Lipinski definition) is 2. The van der Waals surface area contributed by atoms with E-state index in [4.69, 9.17) is 5.73 Å². The van der Waals surface area contributed by atoms with Crippen LogP contribution >= 0.6 is 0 Å². The van der Waals surface area contributed by atoms with Crippen LogP contribution in [0.25, 0.3) is 5.65 Å². The van der Waals surface area contributed by atoms with Gasteiger partial charge in [0.2, 0.25) is 0 Å². The van der Waals surface area contributed by atoms with Gasteiger partial charge in [0, 0.05) is 6.20 Å². The number of nitrogens with two attached hydrogens (primary N) is 1. The third-order valence-corrected chi connectivity index (χ3v) is 2.00. The summed E-state index contributed by atoms with van der Waals surface area (Å²) in [5, 5.41) is 0. The number of nitrogen functional groups attached to an aromatic ring is 1. The maximum atomic E-state index is 13.0. The molecule has 2 N–H and O–H groups in total. The van der Waals surface area contributed by atoms with Crippen LogP contribution < -0.4 is 5.73 Å². The van der Waals surface area contributed by atoms with Gasteiger partial charge < -0.3 is 5.73 Å². The van der Waals surface area contributed by atoms with Gasteiger partial charge in [-0.15, -0.1) is 0 Å². The molecule has 2 rings (SSSR count). The quantitative estimate of drug-likeness (QED) is 0.727. The second-order valence-electron chi connectivity index (χ2n) is 2.96. The molecular weight excluding hydrogens is 169 g/mol. The summed E-state index contributed by atoms with van der Waals surface area (Å²) in [6.07, 6.45) is 2.23. The minimum atomic E-state index is -1.03. The van der Waals surface area contributed by atoms with Crippen LogP contribution in [0.15, 0.2) is 24.5 Å². The maximum Gasteiger partial charge on any atom is 0.160 e. The number of pyridine rings is 1. The van der Waals surface area contributed by atoms with Crippen LogP contribution in [0, 0.1) is 0 Å². The fourth-order valence-corrected chi connectivity index (χ4v) is 1.35. The van der Waals surface area contributed by atoms with Crippen LogP contribution in [0.5, 0.6) is 0 Å². The third kappa shape index (κ3) is 1.14. The van der Waals surface area contributed by atoms with E-state index in [-0.39, 0.29) is 0 Å². The molecule has 2 aromatic heterocycles. The van der Waals surface area contributed by atoms with E-state index >= 15 is 0 Å². The lowest BCUT2D eigenvalue weighted by Gasteiger charge is -2.02. The number of hydrogen-bond donors (Lipinski definition) is 1. The van der Waals surface area contributed by atoms with Crippen LogP contribution in [-0.4, -0.2) is 9.38 Å². The Morgan fingerprint density at radius 2 is 2.38 bits per heavy atom. The number of fused-ring (bicyclic) bond motifs is 1. The van der Waals surface area contributed by atoms with Crippen molar-refractivity contribution >= 4 is 11.3 Å². The van der Waals surface area contributed by atoms with E-state index in [0.29, 0.717) is 17.0 Å². The lowest BCUT2D eigenvalue weighted by molar-refractivity contribution is 0.364. The summed E-state index contributed by atoms with van der Waals surface area (Å²) in [6.45, 7) is 1.48. The van der Waals surface area contributed by atoms with Crippen molar-refractivity contribution in [1.82, 2.24) is 9.38 Å². The van der Waals surface area contributed by atoms with Gasteiger partial charge in [0.15, 0.2) is 5.65 Å². The molecule has 0 aromatic carbocycles. The Kier molecular flexibility index (Phi) is 1.69. The van der Waals surface area contributed by atoms with Gasteiger partial charge in [-0.2, -0.15) is 0 Å². The molecule has 0 spiro atoms. The fourth-order valence-electron chi connectivity index (χ4n) is 1.35. The minimum Gasteiger partial charge on any atom is -0.396 e. The zero-order chi connectivity index (χ0) is 9.42. The molecule has 3 nitrogen and oxygen atoms in total. The van der Waals surface area contributed by atoms with Gasteiger partial charge in [-0.05, 0) is 19.1 Å². The monoisotopic (exact) mass is 179 g/mol. The lowest BCUT2D eigenvalue weighted by Crippen LogP contribution is -1.96. The highest BCUT2D eigenvalue weighted by atomic mass is 19.1. The van der Waals surface area contributed by atoms with Crippen molar-refractivity contribution in [2.45, 2.75) is 13.1 Å². The van der Waals surface area contributed by atoms with Crippen molar-refractivity contribution in [2.24, 2.45) is 0 Å². The smallest absolute Gasteiger partial charge is 0.160 e. The molecule has 0 bridgehead atoms. The summed E-state index contributed by atoms with van der Waals surface area (Å²) < 4.78 is 14.7. The molecular formula is C9H10FN3. The van der Waals surface area contributed by atoms with Gasteiger partial charge in [-0.1, -0.05) is 0 Å². The van der Waals surface area contributed by atoms with Gasteiger partial charge in [-0.3, -0.25) is 4.40 Å². The number of rotatable bonds is 1. The second-order valence-corrected chi connectivity index (χ2v) is 2.96. The summed E-state index contributed by atoms with van der Waals surface area (Å²) in [6, 6.07) is 3.52. The summed E-state index contributed by atoms with van der Waals surface area (Å²) in [5.74, 6) is 0. The lowest BCUT2D eigenvalue weighted by atomic mass is 10.3. The van der Waals surface area contributed by atoms with Crippen LogP contribution in [0.3, 0.4) is 0 Å². The van der Waals surface area contributed by atoms with Crippen LogP contribution in [0.1, 0.15) is 18.8 Å². The standard InChI is InChI=1S/C9H10FN3/c1-6(10)8-5-12-9-7(11)3-2-4-13(8)9/h2-6H,11H2,1H3. The van der Waals surface area contributed by atoms with Gasteiger partial charge in [0.25, 0.3) is 0 Å². The number of alkyl halides is 1. The van der Waals surface area contributed by atoms with Gasteiger partial charge >= 0.3 is 0 Å². The molecule has 4 heteroatoms. The first-order valence-corrected chi connectivity index (χ1v) is 4.05. The maximum absolute atomic E-state index is 13.0. The Balaban J connectivity index is 2.75. The summed E-state index contributed by atoms with van der Waals surface area (Å²) in [5.41, 5.74) is 7.37. The largest absolute Gasteiger partial charge is 0.396 e. The van der Waals surface area contributed by atoms with E-state index in [2.05, 4.69) is 4.98 Å². The minimum absolute atomic E-state index is 0.530. The van der Waals surface area contributed by atoms with E-state index in [9.17, 15) is 4.39 Å². The zero-order valence-electron chi connectivity index (χ0n) is 7.24. The molecule has 68 valence electrons. The number of imidazole rings is 1. The SMILES string of the molecule is CC(F)c1cnc2c(N)cccn12. The molecule has 0 amide bonds. The number of halogens is 1. The normalized spacial score (nSPS) is 13.4. The van der Waals surface area contributed by atoms with Crippen LogP contribution in [0.4, 0.5) is 10.1 Å². The Hall–Kier alpha value is -1.58. The first kappa shape index (κ1) is 8.04. The predicted molar refractivity (Wildman–Crippen MR) is 49.1 cm³/mol. The highest BCUT2D eigenvalue weighted by Crippen LogP contribution is 2.20. The highest BCUT2D eigenvalue weighted by Gasteiger charge is 2.10. The average Bonchev–Trinajstić information content (AvgIpc) is 2.48. The first-order valence-electron chi connectivity index (χ1n) is 4.05. The highest BCUT2D eigenvalue weighted by molar-refractivity contribution is 5.64. The van der Waals surface area contributed by atoms with Gasteiger partial charge in [0.1, 0.15) is 6.17 Å². The van der Waals surface area contributed by atoms with E-state index in [0.717, 1.165) is 0 Å². The number of anilines is 1. The van der Waals surface area contributed by atoms with Gasteiger partial charge in [0.05, 0.1) is 17.6 Å². The van der Waals surface area contributed by atoms with Crippen molar-refractivity contribution in [3.63, 3.8) is 0 Å². The molecule has 13 heavy (non-hydrogen) atoms. The van der Waals surface area contributed by atoms with E-state index in [1.165, 1.54) is 13.1 Å². The Labute approximate surface area is 75.0 Å². The van der Waals surface area contributed by atoms with E-state index in [1.54, 1.807) is 22.7 Å². The molecule has 0 aliphatic carbocycles. The average molecular weight is 179 g/mol. The van der Waals surface area contributed by atoms with E-state index in [1.807, 2.05) is 0 Å². The summed E-state index contributed by atoms with van der Waals surface area (Å²) in [4.78, 5) is 4.04. The van der Waals surface area contributed by atoms with Gasteiger partial charge in [-0.25, -0.2) is 9.37 Å². The third-order valence-electron chi connectivity index (χ3n) is 2.00. The molecule has 1 atom stereocenters. The number of nitrogens with zero attached hydrogens (tertiary/aromatic N) is 2. The summed E-state index contributed by atoms with van der Waals surface area (Å²) in [7, 11) is 0. The van der Waals surface area contributed by atoms with Crippen molar-refractivity contribution in [1.29, 1.82) is 0 Å². The topological polar surface area (TPSA) is 43.3 Å². The molecule has 2 aromatic rings. The van der Waals surface area contributed by atoms with Crippen LogP contribution in [-0.2, 0) is 0 Å². The van der Waals surface area contributed by atoms with Crippen molar-refractivity contribution in [2.75, 3.05) is 5.73 Å². The Bertz CT molecular complexity index is 433. The molecule has 2 heterocycles. The second kappa shape index (κ2) is 2.73. The van der Waals surface area contributed by atoms with Crippen molar-refractivity contribution in [3.05, 3.63) is 30.2 Å². The number of aromatic nitrogens is 2. The molecule has 0 saturated carbocycles.